The smallest absolute Gasteiger partial charge is 0.388 e. The standard InChI is InChI=1S/C10H6N4O2/c15-10-14-13-9(16-10)6-1-2-7-8(5-6)12-4-3-11-7/h1-5H,(H,14,15). The summed E-state index contributed by atoms with van der Waals surface area (Å²) in [5, 5.41) is 5.95. The molecule has 6 nitrogen and oxygen atoms in total. The maximum atomic E-state index is 10.8. The van der Waals surface area contributed by atoms with Crippen LogP contribution in [0, 0.1) is 0 Å². The Bertz CT molecular complexity index is 701. The Kier molecular flexibility index (Phi) is 1.79. The molecule has 78 valence electrons. The second kappa shape index (κ2) is 3.27. The van der Waals surface area contributed by atoms with Crippen LogP contribution in [-0.2, 0) is 0 Å². The van der Waals surface area contributed by atoms with Crippen molar-refractivity contribution in [2.24, 2.45) is 0 Å². The van der Waals surface area contributed by atoms with Gasteiger partial charge in [0, 0.05) is 18.0 Å². The molecule has 0 bridgehead atoms. The number of nitrogens with zero attached hydrogens (tertiary/aromatic N) is 3. The summed E-state index contributed by atoms with van der Waals surface area (Å²) in [6, 6.07) is 5.34. The molecule has 1 N–H and O–H groups in total. The monoisotopic (exact) mass is 214 g/mol. The highest BCUT2D eigenvalue weighted by molar-refractivity contribution is 5.78. The molecule has 0 fully saturated rings. The van der Waals surface area contributed by atoms with Crippen molar-refractivity contribution in [3.63, 3.8) is 0 Å². The van der Waals surface area contributed by atoms with Gasteiger partial charge in [-0.2, -0.15) is 0 Å². The van der Waals surface area contributed by atoms with Crippen LogP contribution in [0.4, 0.5) is 0 Å². The van der Waals surface area contributed by atoms with Gasteiger partial charge in [-0.15, -0.1) is 5.10 Å². The van der Waals surface area contributed by atoms with Crippen LogP contribution in [0.3, 0.4) is 0 Å². The third-order valence-corrected chi connectivity index (χ3v) is 2.15. The van der Waals surface area contributed by atoms with Gasteiger partial charge >= 0.3 is 5.76 Å². The first kappa shape index (κ1) is 8.78. The summed E-state index contributed by atoms with van der Waals surface area (Å²) in [7, 11) is 0. The highest BCUT2D eigenvalue weighted by Gasteiger charge is 2.06. The Morgan fingerprint density at radius 1 is 1.12 bits per heavy atom. The zero-order chi connectivity index (χ0) is 11.0. The first-order valence-corrected chi connectivity index (χ1v) is 4.59. The largest absolute Gasteiger partial charge is 0.434 e. The zero-order valence-corrected chi connectivity index (χ0v) is 8.04. The van der Waals surface area contributed by atoms with Crippen LogP contribution in [0.25, 0.3) is 22.5 Å². The molecular formula is C10H6N4O2. The van der Waals surface area contributed by atoms with Crippen LogP contribution < -0.4 is 5.76 Å². The van der Waals surface area contributed by atoms with E-state index in [9.17, 15) is 4.79 Å². The second-order valence-corrected chi connectivity index (χ2v) is 3.18. The first-order valence-electron chi connectivity index (χ1n) is 4.59. The average Bonchev–Trinajstić information content (AvgIpc) is 2.75. The fourth-order valence-corrected chi connectivity index (χ4v) is 1.45. The molecule has 6 heteroatoms. The van der Waals surface area contributed by atoms with Crippen molar-refractivity contribution in [2.75, 3.05) is 0 Å². The molecule has 16 heavy (non-hydrogen) atoms. The van der Waals surface area contributed by atoms with Crippen LogP contribution in [0.5, 0.6) is 0 Å². The molecule has 3 aromatic rings. The van der Waals surface area contributed by atoms with Crippen molar-refractivity contribution < 1.29 is 4.42 Å². The van der Waals surface area contributed by atoms with E-state index in [1.54, 1.807) is 30.6 Å². The van der Waals surface area contributed by atoms with Gasteiger partial charge < -0.3 is 4.42 Å². The molecule has 0 unspecified atom stereocenters. The number of fused-ring (bicyclic) bond motifs is 1. The molecule has 0 aliphatic rings. The lowest BCUT2D eigenvalue weighted by Crippen LogP contribution is -1.93. The van der Waals surface area contributed by atoms with Crippen molar-refractivity contribution in [3.05, 3.63) is 41.1 Å². The number of benzene rings is 1. The van der Waals surface area contributed by atoms with Gasteiger partial charge in [-0.1, -0.05) is 0 Å². The minimum Gasteiger partial charge on any atom is -0.388 e. The van der Waals surface area contributed by atoms with E-state index in [4.69, 9.17) is 4.42 Å². The molecule has 0 amide bonds. The summed E-state index contributed by atoms with van der Waals surface area (Å²) >= 11 is 0. The van der Waals surface area contributed by atoms with Crippen LogP contribution >= 0.6 is 0 Å². The molecule has 0 aliphatic heterocycles. The molecule has 0 saturated carbocycles. The Morgan fingerprint density at radius 2 is 1.94 bits per heavy atom. The van der Waals surface area contributed by atoms with E-state index < -0.39 is 5.76 Å². The van der Waals surface area contributed by atoms with E-state index >= 15 is 0 Å². The van der Waals surface area contributed by atoms with Crippen LogP contribution in [0.15, 0.2) is 39.8 Å². The summed E-state index contributed by atoms with van der Waals surface area (Å²) in [4.78, 5) is 19.1. The van der Waals surface area contributed by atoms with Crippen LogP contribution in [-0.4, -0.2) is 20.2 Å². The van der Waals surface area contributed by atoms with E-state index in [1.807, 2.05) is 0 Å². The van der Waals surface area contributed by atoms with Crippen molar-refractivity contribution >= 4 is 11.0 Å². The zero-order valence-electron chi connectivity index (χ0n) is 8.04. The molecule has 2 aromatic heterocycles. The summed E-state index contributed by atoms with van der Waals surface area (Å²) in [5.74, 6) is -0.327. The SMILES string of the molecule is O=c1[nH]nc(-c2ccc3nccnc3c2)o1. The Balaban J connectivity index is 2.22. The lowest BCUT2D eigenvalue weighted by atomic mass is 10.2. The molecule has 2 heterocycles. The molecule has 3 rings (SSSR count). The molecule has 0 aliphatic carbocycles. The quantitative estimate of drug-likeness (QED) is 0.652. The van der Waals surface area contributed by atoms with E-state index in [2.05, 4.69) is 20.2 Å². The molecule has 0 radical (unpaired) electrons. The van der Waals surface area contributed by atoms with Gasteiger partial charge in [-0.3, -0.25) is 9.97 Å². The summed E-state index contributed by atoms with van der Waals surface area (Å²) in [5.41, 5.74) is 2.20. The molecule has 1 aromatic carbocycles. The van der Waals surface area contributed by atoms with Crippen LogP contribution in [0.2, 0.25) is 0 Å². The predicted octanol–water partition coefficient (Wildman–Crippen LogP) is 0.973. The topological polar surface area (TPSA) is 84.7 Å². The minimum atomic E-state index is -0.575. The summed E-state index contributed by atoms with van der Waals surface area (Å²) < 4.78 is 4.85. The number of aromatic amines is 1. The molecular weight excluding hydrogens is 208 g/mol. The van der Waals surface area contributed by atoms with Gasteiger partial charge in [-0.25, -0.2) is 9.89 Å². The highest BCUT2D eigenvalue weighted by atomic mass is 16.4. The van der Waals surface area contributed by atoms with Gasteiger partial charge in [0.2, 0.25) is 5.89 Å². The van der Waals surface area contributed by atoms with Gasteiger partial charge in [0.05, 0.1) is 11.0 Å². The Morgan fingerprint density at radius 3 is 2.69 bits per heavy atom. The highest BCUT2D eigenvalue weighted by Crippen LogP contribution is 2.18. The second-order valence-electron chi connectivity index (χ2n) is 3.18. The number of rotatable bonds is 1. The predicted molar refractivity (Wildman–Crippen MR) is 55.7 cm³/mol. The maximum Gasteiger partial charge on any atom is 0.434 e. The fourth-order valence-electron chi connectivity index (χ4n) is 1.45. The molecule has 0 saturated heterocycles. The number of H-pyrrole nitrogens is 1. The Labute approximate surface area is 89.0 Å². The van der Waals surface area contributed by atoms with Crippen LogP contribution in [0.1, 0.15) is 0 Å². The lowest BCUT2D eigenvalue weighted by Gasteiger charge is -1.97. The normalized spacial score (nSPS) is 10.8. The van der Waals surface area contributed by atoms with E-state index in [0.717, 1.165) is 11.0 Å². The van der Waals surface area contributed by atoms with Crippen molar-refractivity contribution in [1.82, 2.24) is 20.2 Å². The molecule has 0 spiro atoms. The van der Waals surface area contributed by atoms with Crippen molar-refractivity contribution in [1.29, 1.82) is 0 Å². The third-order valence-electron chi connectivity index (χ3n) is 2.15. The minimum absolute atomic E-state index is 0.248. The van der Waals surface area contributed by atoms with E-state index in [-0.39, 0.29) is 5.89 Å². The maximum absolute atomic E-state index is 10.8. The van der Waals surface area contributed by atoms with Crippen molar-refractivity contribution in [2.45, 2.75) is 0 Å². The van der Waals surface area contributed by atoms with Gasteiger partial charge in [-0.05, 0) is 18.2 Å². The van der Waals surface area contributed by atoms with Crippen molar-refractivity contribution in [3.8, 4) is 11.5 Å². The molecule has 0 atom stereocenters. The van der Waals surface area contributed by atoms with E-state index in [0.29, 0.717) is 5.56 Å². The number of aromatic nitrogens is 4. The number of nitrogens with one attached hydrogen (secondary N) is 1. The first-order chi connectivity index (χ1) is 7.83. The average molecular weight is 214 g/mol. The lowest BCUT2D eigenvalue weighted by molar-refractivity contribution is 0.527. The van der Waals surface area contributed by atoms with E-state index in [1.165, 1.54) is 0 Å². The third kappa shape index (κ3) is 1.36. The summed E-state index contributed by atoms with van der Waals surface area (Å²) in [6.07, 6.45) is 3.23. The fraction of sp³-hybridized carbons (Fsp3) is 0. The van der Waals surface area contributed by atoms with Gasteiger partial charge in [0.25, 0.3) is 0 Å². The Hall–Kier alpha value is -2.50. The number of hydrogen-bond acceptors (Lipinski definition) is 5. The number of hydrogen-bond donors (Lipinski definition) is 1. The van der Waals surface area contributed by atoms with Gasteiger partial charge in [0.15, 0.2) is 0 Å². The van der Waals surface area contributed by atoms with Gasteiger partial charge in [0.1, 0.15) is 0 Å². The summed E-state index contributed by atoms with van der Waals surface area (Å²) in [6.45, 7) is 0.